The predicted molar refractivity (Wildman–Crippen MR) is 80.4 cm³/mol. The summed E-state index contributed by atoms with van der Waals surface area (Å²) in [5.41, 5.74) is 1.16. The maximum absolute atomic E-state index is 5.80. The Morgan fingerprint density at radius 1 is 1.24 bits per heavy atom. The molecule has 2 rings (SSSR count). The fourth-order valence-corrected chi connectivity index (χ4v) is 1.93. The van der Waals surface area contributed by atoms with E-state index in [2.05, 4.69) is 22.4 Å². The molecule has 0 radical (unpaired) electrons. The maximum atomic E-state index is 5.80. The average Bonchev–Trinajstić information content (AvgIpc) is 2.83. The Hall–Kier alpha value is -2.08. The molecule has 0 bridgehead atoms. The molecule has 1 N–H and O–H groups in total. The molecule has 1 aromatic heterocycles. The van der Waals surface area contributed by atoms with Crippen LogP contribution < -0.4 is 14.8 Å². The summed E-state index contributed by atoms with van der Waals surface area (Å²) >= 11 is 0. The van der Waals surface area contributed by atoms with Crippen LogP contribution in [0.5, 0.6) is 11.5 Å². The predicted octanol–water partition coefficient (Wildman–Crippen LogP) is 1.82. The lowest BCUT2D eigenvalue weighted by Gasteiger charge is -2.12. The van der Waals surface area contributed by atoms with Gasteiger partial charge in [-0.2, -0.15) is 0 Å². The van der Waals surface area contributed by atoms with Crippen molar-refractivity contribution in [3.63, 3.8) is 0 Å². The Morgan fingerprint density at radius 3 is 2.67 bits per heavy atom. The molecular formula is C15H22N4O2. The van der Waals surface area contributed by atoms with Crippen molar-refractivity contribution in [2.45, 2.75) is 27.0 Å². The van der Waals surface area contributed by atoms with Gasteiger partial charge in [-0.1, -0.05) is 13.0 Å². The third-order valence-corrected chi connectivity index (χ3v) is 3.35. The van der Waals surface area contributed by atoms with Crippen LogP contribution in [0.2, 0.25) is 0 Å². The highest BCUT2D eigenvalue weighted by Crippen LogP contribution is 2.28. The van der Waals surface area contributed by atoms with Crippen molar-refractivity contribution in [1.82, 2.24) is 20.1 Å². The molecule has 0 atom stereocenters. The van der Waals surface area contributed by atoms with Gasteiger partial charge in [0.15, 0.2) is 17.3 Å². The largest absolute Gasteiger partial charge is 0.493 e. The molecule has 0 saturated carbocycles. The van der Waals surface area contributed by atoms with Gasteiger partial charge in [0.1, 0.15) is 12.4 Å². The molecule has 1 heterocycles. The standard InChI is InChI=1S/C15H22N4O2/c1-5-16-9-12-6-7-13(14(8-12)20-4)21-10-15-18-17-11(2)19(15)3/h6-8,16H,5,9-10H2,1-4H3. The minimum atomic E-state index is 0.361. The zero-order valence-corrected chi connectivity index (χ0v) is 13.0. The van der Waals surface area contributed by atoms with Crippen LogP contribution in [0.3, 0.4) is 0 Å². The molecule has 0 aliphatic carbocycles. The summed E-state index contributed by atoms with van der Waals surface area (Å²) in [6, 6.07) is 5.94. The zero-order chi connectivity index (χ0) is 15.2. The monoisotopic (exact) mass is 290 g/mol. The van der Waals surface area contributed by atoms with Gasteiger partial charge >= 0.3 is 0 Å². The highest BCUT2D eigenvalue weighted by molar-refractivity contribution is 5.43. The summed E-state index contributed by atoms with van der Waals surface area (Å²) in [5, 5.41) is 11.4. The molecule has 0 fully saturated rings. The summed E-state index contributed by atoms with van der Waals surface area (Å²) in [6.07, 6.45) is 0. The third-order valence-electron chi connectivity index (χ3n) is 3.35. The molecule has 6 nitrogen and oxygen atoms in total. The van der Waals surface area contributed by atoms with Crippen molar-refractivity contribution in [3.8, 4) is 11.5 Å². The van der Waals surface area contributed by atoms with Gasteiger partial charge in [-0.15, -0.1) is 10.2 Å². The highest BCUT2D eigenvalue weighted by atomic mass is 16.5. The number of aryl methyl sites for hydroxylation is 1. The van der Waals surface area contributed by atoms with Gasteiger partial charge in [0.05, 0.1) is 7.11 Å². The first-order chi connectivity index (χ1) is 10.2. The molecule has 0 saturated heterocycles. The van der Waals surface area contributed by atoms with E-state index in [0.717, 1.165) is 36.1 Å². The van der Waals surface area contributed by atoms with E-state index in [-0.39, 0.29) is 0 Å². The van der Waals surface area contributed by atoms with Crippen LogP contribution in [0.4, 0.5) is 0 Å². The zero-order valence-electron chi connectivity index (χ0n) is 13.0. The Balaban J connectivity index is 2.07. The molecule has 0 amide bonds. The average molecular weight is 290 g/mol. The fraction of sp³-hybridized carbons (Fsp3) is 0.467. The van der Waals surface area contributed by atoms with E-state index in [1.165, 1.54) is 0 Å². The van der Waals surface area contributed by atoms with Gasteiger partial charge in [-0.25, -0.2) is 0 Å². The molecule has 2 aromatic rings. The van der Waals surface area contributed by atoms with Crippen LogP contribution in [0.1, 0.15) is 24.1 Å². The molecule has 21 heavy (non-hydrogen) atoms. The molecule has 1 aromatic carbocycles. The number of aromatic nitrogens is 3. The molecule has 0 aliphatic heterocycles. The Kier molecular flexibility index (Phi) is 5.16. The summed E-state index contributed by atoms with van der Waals surface area (Å²) < 4.78 is 13.1. The number of hydrogen-bond acceptors (Lipinski definition) is 5. The van der Waals surface area contributed by atoms with Crippen LogP contribution in [0.15, 0.2) is 18.2 Å². The van der Waals surface area contributed by atoms with Crippen LogP contribution in [-0.2, 0) is 20.2 Å². The molecule has 0 spiro atoms. The van der Waals surface area contributed by atoms with Crippen LogP contribution in [0, 0.1) is 6.92 Å². The smallest absolute Gasteiger partial charge is 0.170 e. The van der Waals surface area contributed by atoms with E-state index in [1.54, 1.807) is 7.11 Å². The van der Waals surface area contributed by atoms with Gasteiger partial charge in [0.25, 0.3) is 0 Å². The fourth-order valence-electron chi connectivity index (χ4n) is 1.93. The maximum Gasteiger partial charge on any atom is 0.170 e. The molecule has 6 heteroatoms. The van der Waals surface area contributed by atoms with Gasteiger partial charge in [0, 0.05) is 13.6 Å². The second kappa shape index (κ2) is 7.08. The summed E-state index contributed by atoms with van der Waals surface area (Å²) in [5.74, 6) is 3.08. The van der Waals surface area contributed by atoms with E-state index >= 15 is 0 Å². The SMILES string of the molecule is CCNCc1ccc(OCc2nnc(C)n2C)c(OC)c1. The molecular weight excluding hydrogens is 268 g/mol. The number of nitrogens with zero attached hydrogens (tertiary/aromatic N) is 3. The van der Waals surface area contributed by atoms with Crippen LogP contribution >= 0.6 is 0 Å². The first-order valence-electron chi connectivity index (χ1n) is 7.01. The van der Waals surface area contributed by atoms with Crippen molar-refractivity contribution in [2.24, 2.45) is 7.05 Å². The Labute approximate surface area is 125 Å². The lowest BCUT2D eigenvalue weighted by Crippen LogP contribution is -2.11. The minimum absolute atomic E-state index is 0.361. The van der Waals surface area contributed by atoms with Gasteiger partial charge in [0.2, 0.25) is 0 Å². The van der Waals surface area contributed by atoms with Crippen LogP contribution in [0.25, 0.3) is 0 Å². The first kappa shape index (κ1) is 15.3. The summed E-state index contributed by atoms with van der Waals surface area (Å²) in [4.78, 5) is 0. The topological polar surface area (TPSA) is 61.2 Å². The highest BCUT2D eigenvalue weighted by Gasteiger charge is 2.09. The van der Waals surface area contributed by atoms with Crippen molar-refractivity contribution < 1.29 is 9.47 Å². The number of hydrogen-bond donors (Lipinski definition) is 1. The number of nitrogens with one attached hydrogen (secondary N) is 1. The van der Waals surface area contributed by atoms with E-state index in [4.69, 9.17) is 9.47 Å². The first-order valence-corrected chi connectivity index (χ1v) is 7.01. The summed E-state index contributed by atoms with van der Waals surface area (Å²) in [7, 11) is 3.57. The molecule has 114 valence electrons. The number of rotatable bonds is 7. The quantitative estimate of drug-likeness (QED) is 0.843. The molecule has 0 unspecified atom stereocenters. The van der Waals surface area contributed by atoms with Gasteiger partial charge < -0.3 is 19.4 Å². The van der Waals surface area contributed by atoms with E-state index in [1.807, 2.05) is 36.7 Å². The van der Waals surface area contributed by atoms with E-state index in [9.17, 15) is 0 Å². The summed E-state index contributed by atoms with van der Waals surface area (Å²) in [6.45, 7) is 6.10. The molecule has 0 aliphatic rings. The lowest BCUT2D eigenvalue weighted by atomic mass is 10.2. The van der Waals surface area contributed by atoms with Crippen LogP contribution in [-0.4, -0.2) is 28.4 Å². The second-order valence-electron chi connectivity index (χ2n) is 4.78. The Bertz CT molecular complexity index is 595. The van der Waals surface area contributed by atoms with Crippen molar-refractivity contribution in [1.29, 1.82) is 0 Å². The van der Waals surface area contributed by atoms with E-state index in [0.29, 0.717) is 12.4 Å². The lowest BCUT2D eigenvalue weighted by molar-refractivity contribution is 0.272. The van der Waals surface area contributed by atoms with Gasteiger partial charge in [-0.05, 0) is 31.2 Å². The normalized spacial score (nSPS) is 10.7. The van der Waals surface area contributed by atoms with Crippen molar-refractivity contribution >= 4 is 0 Å². The number of methoxy groups -OCH3 is 1. The number of ether oxygens (including phenoxy) is 2. The Morgan fingerprint density at radius 2 is 2.05 bits per heavy atom. The minimum Gasteiger partial charge on any atom is -0.493 e. The number of benzene rings is 1. The van der Waals surface area contributed by atoms with Crippen molar-refractivity contribution in [2.75, 3.05) is 13.7 Å². The van der Waals surface area contributed by atoms with Gasteiger partial charge in [-0.3, -0.25) is 0 Å². The van der Waals surface area contributed by atoms with E-state index < -0.39 is 0 Å². The van der Waals surface area contributed by atoms with Crippen molar-refractivity contribution in [3.05, 3.63) is 35.4 Å². The second-order valence-corrected chi connectivity index (χ2v) is 4.78. The third kappa shape index (κ3) is 3.72.